The van der Waals surface area contributed by atoms with Crippen molar-refractivity contribution in [2.75, 3.05) is 5.32 Å². The molecule has 11 heteroatoms. The lowest BCUT2D eigenvalue weighted by Crippen LogP contribution is -2.31. The Hall–Kier alpha value is -4.41. The third kappa shape index (κ3) is 5.88. The van der Waals surface area contributed by atoms with E-state index in [-0.39, 0.29) is 11.3 Å². The van der Waals surface area contributed by atoms with Crippen LogP contribution in [-0.2, 0) is 15.7 Å². The average molecular weight is 474 g/mol. The van der Waals surface area contributed by atoms with Crippen molar-refractivity contribution >= 4 is 23.3 Å². The van der Waals surface area contributed by atoms with E-state index in [1.54, 1.807) is 42.5 Å². The van der Waals surface area contributed by atoms with Crippen LogP contribution in [0.5, 0.6) is 11.5 Å². The van der Waals surface area contributed by atoms with E-state index in [1.807, 2.05) is 5.32 Å². The lowest BCUT2D eigenvalue weighted by molar-refractivity contribution is -0.385. The van der Waals surface area contributed by atoms with Crippen molar-refractivity contribution in [1.82, 2.24) is 0 Å². The summed E-state index contributed by atoms with van der Waals surface area (Å²) in [6.45, 7) is 1.17. The van der Waals surface area contributed by atoms with Gasteiger partial charge in [0.05, 0.1) is 16.2 Å². The van der Waals surface area contributed by atoms with Gasteiger partial charge in [-0.05, 0) is 37.3 Å². The number of anilines is 1. The Morgan fingerprint density at radius 3 is 2.29 bits per heavy atom. The van der Waals surface area contributed by atoms with Crippen LogP contribution in [0.15, 0.2) is 72.8 Å². The van der Waals surface area contributed by atoms with Crippen LogP contribution >= 0.6 is 0 Å². The summed E-state index contributed by atoms with van der Waals surface area (Å²) in [5.41, 5.74) is -2.91. The van der Waals surface area contributed by atoms with Gasteiger partial charge in [-0.25, -0.2) is 4.79 Å². The second kappa shape index (κ2) is 10.0. The first-order chi connectivity index (χ1) is 16.1. The second-order valence-corrected chi connectivity index (χ2v) is 6.93. The van der Waals surface area contributed by atoms with Crippen molar-refractivity contribution in [2.24, 2.45) is 0 Å². The zero-order valence-electron chi connectivity index (χ0n) is 17.5. The van der Waals surface area contributed by atoms with Crippen LogP contribution in [0.2, 0.25) is 0 Å². The average Bonchev–Trinajstić information content (AvgIpc) is 2.79. The lowest BCUT2D eigenvalue weighted by Gasteiger charge is -2.17. The van der Waals surface area contributed by atoms with Crippen molar-refractivity contribution in [1.29, 1.82) is 0 Å². The predicted molar refractivity (Wildman–Crippen MR) is 115 cm³/mol. The van der Waals surface area contributed by atoms with Crippen LogP contribution in [0.4, 0.5) is 24.5 Å². The quantitative estimate of drug-likeness (QED) is 0.272. The molecule has 3 aromatic rings. The van der Waals surface area contributed by atoms with Gasteiger partial charge in [-0.1, -0.05) is 30.3 Å². The Morgan fingerprint density at radius 2 is 1.65 bits per heavy atom. The number of rotatable bonds is 7. The molecule has 176 valence electrons. The molecule has 0 aliphatic rings. The Balaban J connectivity index is 1.75. The fourth-order valence-electron chi connectivity index (χ4n) is 2.84. The van der Waals surface area contributed by atoms with Crippen LogP contribution in [-0.4, -0.2) is 22.9 Å². The number of benzene rings is 3. The molecule has 0 saturated carbocycles. The van der Waals surface area contributed by atoms with E-state index in [1.165, 1.54) is 19.1 Å². The Kier molecular flexibility index (Phi) is 7.15. The van der Waals surface area contributed by atoms with Crippen LogP contribution in [0.3, 0.4) is 0 Å². The van der Waals surface area contributed by atoms with Gasteiger partial charge in [-0.15, -0.1) is 0 Å². The van der Waals surface area contributed by atoms with Gasteiger partial charge in [0.25, 0.3) is 11.6 Å². The number of nitro benzene ring substituents is 1. The third-order valence-corrected chi connectivity index (χ3v) is 4.51. The Bertz CT molecular complexity index is 1210. The molecular formula is C23H17F3N2O6. The Morgan fingerprint density at radius 1 is 1.00 bits per heavy atom. The molecule has 34 heavy (non-hydrogen) atoms. The molecule has 0 aromatic heterocycles. The number of carbonyl (C=O) groups excluding carboxylic acids is 2. The summed E-state index contributed by atoms with van der Waals surface area (Å²) in [6, 6.07) is 16.6. The number of nitro groups is 1. The monoisotopic (exact) mass is 474 g/mol. The largest absolute Gasteiger partial charge is 0.456 e. The van der Waals surface area contributed by atoms with Gasteiger partial charge in [0.2, 0.25) is 0 Å². The highest BCUT2D eigenvalue weighted by molar-refractivity contribution is 5.98. The number of halogens is 3. The summed E-state index contributed by atoms with van der Waals surface area (Å²) in [4.78, 5) is 34.9. The molecule has 8 nitrogen and oxygen atoms in total. The van der Waals surface area contributed by atoms with Crippen LogP contribution in [0, 0.1) is 10.1 Å². The SMILES string of the molecule is CC(OC(=O)c1ccccc1Oc1ccccc1)C(=O)Nc1ccc([N+](=O)[O-])cc1C(F)(F)F. The molecule has 3 aromatic carbocycles. The van der Waals surface area contributed by atoms with E-state index in [0.29, 0.717) is 11.8 Å². The molecular weight excluding hydrogens is 457 g/mol. The zero-order chi connectivity index (χ0) is 24.9. The van der Waals surface area contributed by atoms with Crippen molar-refractivity contribution in [3.63, 3.8) is 0 Å². The number of alkyl halides is 3. The highest BCUT2D eigenvalue weighted by Crippen LogP contribution is 2.37. The topological polar surface area (TPSA) is 108 Å². The molecule has 0 radical (unpaired) electrons. The smallest absolute Gasteiger partial charge is 0.418 e. The molecule has 0 spiro atoms. The number of ether oxygens (including phenoxy) is 2. The maximum absolute atomic E-state index is 13.3. The third-order valence-electron chi connectivity index (χ3n) is 4.51. The van der Waals surface area contributed by atoms with E-state index in [2.05, 4.69) is 0 Å². The van der Waals surface area contributed by atoms with Gasteiger partial charge in [-0.2, -0.15) is 13.2 Å². The molecule has 3 rings (SSSR count). The molecule has 0 heterocycles. The number of hydrogen-bond acceptors (Lipinski definition) is 6. The van der Waals surface area contributed by atoms with Gasteiger partial charge in [-0.3, -0.25) is 14.9 Å². The number of esters is 1. The van der Waals surface area contributed by atoms with Crippen molar-refractivity contribution in [3.05, 3.63) is 94.0 Å². The number of nitrogens with zero attached hydrogens (tertiary/aromatic N) is 1. The summed E-state index contributed by atoms with van der Waals surface area (Å²) < 4.78 is 50.8. The molecule has 0 bridgehead atoms. The lowest BCUT2D eigenvalue weighted by atomic mass is 10.1. The maximum Gasteiger partial charge on any atom is 0.418 e. The van der Waals surface area contributed by atoms with Gasteiger partial charge in [0.1, 0.15) is 17.1 Å². The minimum Gasteiger partial charge on any atom is -0.456 e. The van der Waals surface area contributed by atoms with Gasteiger partial charge < -0.3 is 14.8 Å². The maximum atomic E-state index is 13.3. The van der Waals surface area contributed by atoms with Crippen LogP contribution in [0.1, 0.15) is 22.8 Å². The summed E-state index contributed by atoms with van der Waals surface area (Å²) in [5, 5.41) is 12.8. The van der Waals surface area contributed by atoms with Crippen molar-refractivity contribution in [2.45, 2.75) is 19.2 Å². The van der Waals surface area contributed by atoms with Crippen LogP contribution < -0.4 is 10.1 Å². The number of carbonyl (C=O) groups is 2. The summed E-state index contributed by atoms with van der Waals surface area (Å²) >= 11 is 0. The number of nitrogens with one attached hydrogen (secondary N) is 1. The van der Waals surface area contributed by atoms with E-state index in [0.717, 1.165) is 12.1 Å². The predicted octanol–water partition coefficient (Wildman–Crippen LogP) is 5.59. The first-order valence-corrected chi connectivity index (χ1v) is 9.75. The standard InChI is InChI=1S/C23H17F3N2O6/c1-14(21(29)27-19-12-11-15(28(31)32)13-18(19)23(24,25)26)33-22(30)17-9-5-6-10-20(17)34-16-7-3-2-4-8-16/h2-14H,1H3,(H,27,29). The number of hydrogen-bond donors (Lipinski definition) is 1. The van der Waals surface area contributed by atoms with Crippen LogP contribution in [0.25, 0.3) is 0 Å². The molecule has 1 N–H and O–H groups in total. The Labute approximate surface area is 191 Å². The van der Waals surface area contributed by atoms with E-state index in [4.69, 9.17) is 9.47 Å². The summed E-state index contributed by atoms with van der Waals surface area (Å²) in [6.07, 6.45) is -6.46. The van der Waals surface area contributed by atoms with Gasteiger partial charge in [0.15, 0.2) is 6.10 Å². The summed E-state index contributed by atoms with van der Waals surface area (Å²) in [7, 11) is 0. The van der Waals surface area contributed by atoms with Gasteiger partial charge in [0, 0.05) is 12.1 Å². The molecule has 0 saturated heterocycles. The molecule has 0 aliphatic heterocycles. The molecule has 0 aliphatic carbocycles. The summed E-state index contributed by atoms with van der Waals surface area (Å²) in [5.74, 6) is -1.39. The second-order valence-electron chi connectivity index (χ2n) is 6.93. The van der Waals surface area contributed by atoms with Crippen molar-refractivity contribution in [3.8, 4) is 11.5 Å². The van der Waals surface area contributed by atoms with E-state index >= 15 is 0 Å². The molecule has 1 amide bonds. The minimum absolute atomic E-state index is 0.00248. The number of non-ortho nitro benzene ring substituents is 1. The van der Waals surface area contributed by atoms with Crippen molar-refractivity contribution < 1.29 is 37.2 Å². The van der Waals surface area contributed by atoms with E-state index in [9.17, 15) is 32.9 Å². The number of para-hydroxylation sites is 2. The normalized spacial score (nSPS) is 11.9. The number of amides is 1. The fraction of sp³-hybridized carbons (Fsp3) is 0.130. The fourth-order valence-corrected chi connectivity index (χ4v) is 2.84. The minimum atomic E-state index is -4.97. The highest BCUT2D eigenvalue weighted by Gasteiger charge is 2.36. The van der Waals surface area contributed by atoms with E-state index < -0.39 is 46.0 Å². The van der Waals surface area contributed by atoms with Gasteiger partial charge >= 0.3 is 12.1 Å². The zero-order valence-corrected chi connectivity index (χ0v) is 17.5. The molecule has 0 fully saturated rings. The first kappa shape index (κ1) is 24.2. The molecule has 1 unspecified atom stereocenters. The first-order valence-electron chi connectivity index (χ1n) is 9.75. The molecule has 1 atom stereocenters. The highest BCUT2D eigenvalue weighted by atomic mass is 19.4.